The highest BCUT2D eigenvalue weighted by molar-refractivity contribution is 6.31. The summed E-state index contributed by atoms with van der Waals surface area (Å²) in [6.07, 6.45) is -0.216. The van der Waals surface area contributed by atoms with Crippen molar-refractivity contribution in [3.8, 4) is 0 Å². The van der Waals surface area contributed by atoms with Gasteiger partial charge in [0.15, 0.2) is 0 Å². The van der Waals surface area contributed by atoms with Crippen molar-refractivity contribution in [1.82, 2.24) is 55.6 Å². The minimum Gasteiger partial charge on any atom is -0.343 e. The van der Waals surface area contributed by atoms with Gasteiger partial charge in [0.25, 0.3) is 0 Å². The van der Waals surface area contributed by atoms with Gasteiger partial charge in [-0.15, -0.1) is 0 Å². The van der Waals surface area contributed by atoms with Crippen molar-refractivity contribution in [2.75, 3.05) is 62.4 Å². The van der Waals surface area contributed by atoms with Crippen molar-refractivity contribution in [2.24, 2.45) is 23.7 Å². The van der Waals surface area contributed by atoms with E-state index in [4.69, 9.17) is 11.6 Å². The Hall–Kier alpha value is -6.53. The maximum atomic E-state index is 14.9. The molecule has 0 radical (unpaired) electrons. The number of carbonyl (C=O) groups excluding carboxylic acids is 11. The Labute approximate surface area is 529 Å². The molecule has 1 saturated carbocycles. The van der Waals surface area contributed by atoms with Crippen LogP contribution in [0.2, 0.25) is 5.02 Å². The lowest BCUT2D eigenvalue weighted by molar-refractivity contribution is -0.150. The van der Waals surface area contributed by atoms with Crippen LogP contribution in [0.15, 0.2) is 18.2 Å². The topological polar surface area (TPSA) is 259 Å². The van der Waals surface area contributed by atoms with E-state index in [2.05, 4.69) is 21.3 Å². The van der Waals surface area contributed by atoms with Crippen molar-refractivity contribution >= 4 is 76.6 Å². The van der Waals surface area contributed by atoms with Crippen molar-refractivity contribution in [3.63, 3.8) is 0 Å². The second-order valence-corrected chi connectivity index (χ2v) is 26.5. The van der Waals surface area contributed by atoms with Gasteiger partial charge in [-0.25, -0.2) is 0 Å². The van der Waals surface area contributed by atoms with E-state index in [9.17, 15) is 65.9 Å². The summed E-state index contributed by atoms with van der Waals surface area (Å²) in [6, 6.07) is -6.36. The molecular formula is C63H101ClF3N11O11. The molecule has 3 rings (SSSR count). The zero-order valence-corrected chi connectivity index (χ0v) is 56.4. The van der Waals surface area contributed by atoms with E-state index in [1.807, 2.05) is 20.8 Å². The molecule has 0 spiro atoms. The highest BCUT2D eigenvalue weighted by atomic mass is 35.5. The zero-order chi connectivity index (χ0) is 67.9. The summed E-state index contributed by atoms with van der Waals surface area (Å²) in [5.74, 6) is -8.24. The van der Waals surface area contributed by atoms with E-state index in [1.165, 1.54) is 97.8 Å². The van der Waals surface area contributed by atoms with Crippen LogP contribution in [0, 0.1) is 23.7 Å². The summed E-state index contributed by atoms with van der Waals surface area (Å²) in [4.78, 5) is 166. The molecule has 9 atom stereocenters. The Morgan fingerprint density at radius 2 is 1.13 bits per heavy atom. The molecule has 2 fully saturated rings. The fourth-order valence-electron chi connectivity index (χ4n) is 10.8. The van der Waals surface area contributed by atoms with Crippen LogP contribution in [0.5, 0.6) is 0 Å². The van der Waals surface area contributed by atoms with E-state index >= 15 is 0 Å². The standard InChI is InChI=1S/C63H101ClF3N11O11/c1-19-38(6)53-60(88)73(13)34-51(80)72(12)35-52(81)77(17)49(33-42-23-21-20-22-24-42)59(87)76(16)41(9)54(82)68-46(28-26-43-25-27-44(45(64)32-43)63(65,66)67)56(84)69-48(30-37(4)5)58(86)78(18)62(10,11)61(89)70-47(29-36(2)3)57(85)74(14)39(7)31-50(79)75(15)40(8)55(83)71-53/h25,27,32,36-42,46-49,53H,19-24,26,28-31,33-35H2,1-18H3,(H,68,82)(H,69,84)(H,70,89)(H,71,83)/t38?,39-,40+,41-,46+,47+,48+,49+,53+/m1/s1. The first kappa shape index (κ1) is 76.7. The summed E-state index contributed by atoms with van der Waals surface area (Å²) in [7, 11) is 9.81. The van der Waals surface area contributed by atoms with Crippen LogP contribution in [0.4, 0.5) is 13.2 Å². The lowest BCUT2D eigenvalue weighted by Gasteiger charge is -2.39. The lowest BCUT2D eigenvalue weighted by atomic mass is 9.84. The van der Waals surface area contributed by atoms with Gasteiger partial charge < -0.3 is 55.6 Å². The molecule has 22 nitrogen and oxygen atoms in total. The molecule has 1 aliphatic heterocycles. The molecule has 1 saturated heterocycles. The van der Waals surface area contributed by atoms with Gasteiger partial charge in [-0.2, -0.15) is 13.2 Å². The molecule has 0 bridgehead atoms. The number of nitrogens with one attached hydrogen (secondary N) is 4. The third-order valence-electron chi connectivity index (χ3n) is 17.9. The number of amides is 11. The minimum atomic E-state index is -4.76. The van der Waals surface area contributed by atoms with Gasteiger partial charge in [-0.1, -0.05) is 97.7 Å². The monoisotopic (exact) mass is 1280 g/mol. The second-order valence-electron chi connectivity index (χ2n) is 26.1. The molecular weight excluding hydrogens is 1180 g/mol. The summed E-state index contributed by atoms with van der Waals surface area (Å²) in [5.41, 5.74) is -2.50. The molecule has 89 heavy (non-hydrogen) atoms. The Balaban J connectivity index is 2.21. The number of alkyl halides is 3. The summed E-state index contributed by atoms with van der Waals surface area (Å²) < 4.78 is 41.3. The van der Waals surface area contributed by atoms with Crippen LogP contribution in [0.1, 0.15) is 158 Å². The van der Waals surface area contributed by atoms with Crippen LogP contribution in [-0.2, 0) is 65.3 Å². The minimum absolute atomic E-state index is 0.0159. The molecule has 1 heterocycles. The molecule has 2 aliphatic rings. The van der Waals surface area contributed by atoms with Crippen molar-refractivity contribution < 1.29 is 65.9 Å². The Morgan fingerprint density at radius 1 is 0.607 bits per heavy atom. The number of hydrogen-bond donors (Lipinski definition) is 4. The summed E-state index contributed by atoms with van der Waals surface area (Å²) in [5, 5.41) is 10.5. The number of carbonyl (C=O) groups is 11. The molecule has 11 amide bonds. The van der Waals surface area contributed by atoms with Gasteiger partial charge in [0, 0.05) is 61.8 Å². The number of halogens is 4. The van der Waals surface area contributed by atoms with E-state index in [1.54, 1.807) is 27.7 Å². The number of nitrogens with zero attached hydrogens (tertiary/aromatic N) is 7. The number of benzene rings is 1. The fraction of sp³-hybridized carbons (Fsp3) is 0.730. The van der Waals surface area contributed by atoms with Gasteiger partial charge in [-0.3, -0.25) is 52.7 Å². The van der Waals surface area contributed by atoms with E-state index < -0.39 is 155 Å². The maximum Gasteiger partial charge on any atom is 0.417 e. The van der Waals surface area contributed by atoms with Crippen LogP contribution < -0.4 is 21.3 Å². The highest BCUT2D eigenvalue weighted by Gasteiger charge is 2.43. The van der Waals surface area contributed by atoms with Gasteiger partial charge in [-0.05, 0) is 108 Å². The average molecular weight is 1280 g/mol. The van der Waals surface area contributed by atoms with Crippen LogP contribution >= 0.6 is 11.6 Å². The highest BCUT2D eigenvalue weighted by Crippen LogP contribution is 2.35. The molecule has 1 aliphatic carbocycles. The maximum absolute atomic E-state index is 14.9. The zero-order valence-electron chi connectivity index (χ0n) is 55.7. The SMILES string of the molecule is CCC(C)[C@@H]1NC(=O)[C@H](C)N(C)C(=O)C[C@@H](C)N(C)C(=O)[C@H](CC(C)C)NC(=O)C(C)(C)N(C)C(=O)[C@H](CC(C)C)NC(=O)[C@H](CCc2ccc(C(F)(F)F)c(Cl)c2)NC(=O)[C@@H](C)N(C)C(=O)[C@H](CC2CCCCC2)N(C)C(=O)CN(C)C(=O)CN(C)C1=O. The van der Waals surface area contributed by atoms with Crippen LogP contribution in [0.3, 0.4) is 0 Å². The van der Waals surface area contributed by atoms with Crippen LogP contribution in [0.25, 0.3) is 0 Å². The first-order valence-corrected chi connectivity index (χ1v) is 31.4. The summed E-state index contributed by atoms with van der Waals surface area (Å²) in [6.45, 7) is 17.3. The molecule has 4 N–H and O–H groups in total. The Kier molecular flexibility index (Phi) is 28.9. The first-order chi connectivity index (χ1) is 41.2. The molecule has 502 valence electrons. The molecule has 1 unspecified atom stereocenters. The number of rotatable bonds is 11. The fourth-order valence-corrected chi connectivity index (χ4v) is 11.1. The Bertz CT molecular complexity index is 2690. The van der Waals surface area contributed by atoms with Gasteiger partial charge in [0.05, 0.1) is 23.7 Å². The molecule has 1 aromatic rings. The van der Waals surface area contributed by atoms with Crippen LogP contribution in [-0.4, -0.2) is 216 Å². The predicted molar refractivity (Wildman–Crippen MR) is 332 cm³/mol. The Morgan fingerprint density at radius 3 is 1.67 bits per heavy atom. The number of hydrogen-bond acceptors (Lipinski definition) is 11. The second kappa shape index (κ2) is 33.5. The quantitative estimate of drug-likeness (QED) is 0.222. The molecule has 1 aromatic carbocycles. The van der Waals surface area contributed by atoms with E-state index in [-0.39, 0.29) is 61.8 Å². The first-order valence-electron chi connectivity index (χ1n) is 31.1. The predicted octanol–water partition coefficient (Wildman–Crippen LogP) is 5.26. The summed E-state index contributed by atoms with van der Waals surface area (Å²) >= 11 is 6.10. The van der Waals surface area contributed by atoms with Gasteiger partial charge in [0.2, 0.25) is 65.0 Å². The largest absolute Gasteiger partial charge is 0.417 e. The third-order valence-corrected chi connectivity index (χ3v) is 18.3. The average Bonchev–Trinajstić information content (AvgIpc) is 1.49. The molecule has 26 heteroatoms. The molecule has 0 aromatic heterocycles. The van der Waals surface area contributed by atoms with E-state index in [0.717, 1.165) is 63.8 Å². The van der Waals surface area contributed by atoms with Gasteiger partial charge >= 0.3 is 6.18 Å². The third kappa shape index (κ3) is 21.3. The lowest BCUT2D eigenvalue weighted by Crippen LogP contribution is -2.63. The van der Waals surface area contributed by atoms with Crippen molar-refractivity contribution in [2.45, 2.75) is 213 Å². The smallest absolute Gasteiger partial charge is 0.343 e. The normalized spacial score (nSPS) is 26.0. The number of likely N-dealkylation sites (N-methyl/N-ethyl adjacent to an activating group) is 7. The number of aryl methyl sites for hydroxylation is 1. The van der Waals surface area contributed by atoms with E-state index in [0.29, 0.717) is 6.42 Å². The van der Waals surface area contributed by atoms with Crippen molar-refractivity contribution in [3.05, 3.63) is 34.3 Å². The van der Waals surface area contributed by atoms with Gasteiger partial charge in [0.1, 0.15) is 47.8 Å². The van der Waals surface area contributed by atoms with Crippen molar-refractivity contribution in [1.29, 1.82) is 0 Å².